The van der Waals surface area contributed by atoms with Crippen molar-refractivity contribution < 1.29 is 19.2 Å². The minimum Gasteiger partial charge on any atom is -0.463 e. The van der Waals surface area contributed by atoms with Crippen LogP contribution >= 0.6 is 0 Å². The zero-order valence-electron chi connectivity index (χ0n) is 17.0. The van der Waals surface area contributed by atoms with Crippen LogP contribution in [0.2, 0.25) is 0 Å². The standard InChI is InChI=1S/C21H30N4O3/c1-4-16-19(20(26)28-5-2)17(23-21(27)22-16)14-24-10-12-25(13-11-24)18-9-7-6-8-15(18)3/h6-9,16H,4-5,10-14H2,1-3H3,(H2,22,23,27)/p+1/t16-/m0/s1. The summed E-state index contributed by atoms with van der Waals surface area (Å²) in [6, 6.07) is 7.91. The lowest BCUT2D eigenvalue weighted by Gasteiger charge is -2.36. The SMILES string of the molecule is CCOC(=O)C1=C(C[NH+]2CCN(c3ccccc3C)CC2)NC(=O)N[C@H]1CC. The van der Waals surface area contributed by atoms with E-state index in [1.54, 1.807) is 6.92 Å². The zero-order chi connectivity index (χ0) is 20.1. The summed E-state index contributed by atoms with van der Waals surface area (Å²) >= 11 is 0. The summed E-state index contributed by atoms with van der Waals surface area (Å²) in [5.74, 6) is -0.338. The molecule has 2 aliphatic rings. The van der Waals surface area contributed by atoms with E-state index in [2.05, 4.69) is 46.7 Å². The van der Waals surface area contributed by atoms with Crippen LogP contribution in [0.3, 0.4) is 0 Å². The Bertz CT molecular complexity index is 754. The molecule has 0 radical (unpaired) electrons. The number of amides is 2. The molecule has 0 aliphatic carbocycles. The largest absolute Gasteiger partial charge is 0.463 e. The molecule has 7 heteroatoms. The second-order valence-corrected chi connectivity index (χ2v) is 7.37. The molecular weight excluding hydrogens is 356 g/mol. The number of rotatable bonds is 6. The van der Waals surface area contributed by atoms with E-state index in [-0.39, 0.29) is 18.0 Å². The fourth-order valence-corrected chi connectivity index (χ4v) is 4.01. The number of hydrogen-bond donors (Lipinski definition) is 3. The molecule has 2 heterocycles. The average Bonchev–Trinajstić information content (AvgIpc) is 2.68. The molecule has 28 heavy (non-hydrogen) atoms. The lowest BCUT2D eigenvalue weighted by atomic mass is 10.00. The number of urea groups is 1. The highest BCUT2D eigenvalue weighted by Gasteiger charge is 2.34. The molecule has 1 atom stereocenters. The Morgan fingerprint density at radius 2 is 1.96 bits per heavy atom. The number of carbonyl (C=O) groups excluding carboxylic acids is 2. The van der Waals surface area contributed by atoms with E-state index >= 15 is 0 Å². The number of nitrogens with one attached hydrogen (secondary N) is 3. The number of para-hydroxylation sites is 1. The van der Waals surface area contributed by atoms with Crippen LogP contribution in [0.15, 0.2) is 35.5 Å². The quantitative estimate of drug-likeness (QED) is 0.625. The Morgan fingerprint density at radius 1 is 1.25 bits per heavy atom. The van der Waals surface area contributed by atoms with E-state index in [4.69, 9.17) is 4.74 Å². The van der Waals surface area contributed by atoms with Gasteiger partial charge in [-0.3, -0.25) is 0 Å². The number of hydrogen-bond acceptors (Lipinski definition) is 4. The van der Waals surface area contributed by atoms with E-state index in [0.717, 1.165) is 26.2 Å². The number of piperazine rings is 1. The number of ether oxygens (including phenoxy) is 1. The first-order valence-corrected chi connectivity index (χ1v) is 10.1. The van der Waals surface area contributed by atoms with Gasteiger partial charge in [-0.2, -0.15) is 0 Å². The van der Waals surface area contributed by atoms with Gasteiger partial charge in [0.1, 0.15) is 6.54 Å². The molecule has 2 amide bonds. The monoisotopic (exact) mass is 387 g/mol. The average molecular weight is 388 g/mol. The van der Waals surface area contributed by atoms with Crippen LogP contribution in [0.4, 0.5) is 10.5 Å². The molecule has 3 rings (SSSR count). The topological polar surface area (TPSA) is 75.1 Å². The van der Waals surface area contributed by atoms with Gasteiger partial charge in [-0.25, -0.2) is 9.59 Å². The van der Waals surface area contributed by atoms with E-state index in [0.29, 0.717) is 30.8 Å². The fraction of sp³-hybridized carbons (Fsp3) is 0.524. The smallest absolute Gasteiger partial charge is 0.338 e. The molecule has 0 unspecified atom stereocenters. The Labute approximate surface area is 166 Å². The Balaban J connectivity index is 1.71. The summed E-state index contributed by atoms with van der Waals surface area (Å²) < 4.78 is 5.25. The van der Waals surface area contributed by atoms with Crippen molar-refractivity contribution >= 4 is 17.7 Å². The first-order chi connectivity index (χ1) is 13.5. The van der Waals surface area contributed by atoms with Crippen LogP contribution in [0.1, 0.15) is 25.8 Å². The molecule has 3 N–H and O–H groups in total. The lowest BCUT2D eigenvalue weighted by Crippen LogP contribution is -3.15. The van der Waals surface area contributed by atoms with Crippen molar-refractivity contribution in [1.82, 2.24) is 10.6 Å². The van der Waals surface area contributed by atoms with Crippen LogP contribution < -0.4 is 20.4 Å². The van der Waals surface area contributed by atoms with Gasteiger partial charge < -0.3 is 25.2 Å². The summed E-state index contributed by atoms with van der Waals surface area (Å²) in [5, 5.41) is 5.69. The van der Waals surface area contributed by atoms with E-state index < -0.39 is 0 Å². The minimum atomic E-state index is -0.338. The summed E-state index contributed by atoms with van der Waals surface area (Å²) in [5.41, 5.74) is 3.84. The minimum absolute atomic E-state index is 0.243. The van der Waals surface area contributed by atoms with Gasteiger partial charge in [-0.1, -0.05) is 25.1 Å². The van der Waals surface area contributed by atoms with Crippen molar-refractivity contribution in [3.05, 3.63) is 41.1 Å². The summed E-state index contributed by atoms with van der Waals surface area (Å²) in [7, 11) is 0. The molecule has 1 aromatic rings. The van der Waals surface area contributed by atoms with E-state index in [1.807, 2.05) is 6.92 Å². The van der Waals surface area contributed by atoms with Crippen LogP contribution in [-0.2, 0) is 9.53 Å². The highest BCUT2D eigenvalue weighted by atomic mass is 16.5. The third kappa shape index (κ3) is 4.47. The van der Waals surface area contributed by atoms with Crippen LogP contribution in [0.25, 0.3) is 0 Å². The molecule has 0 saturated carbocycles. The maximum absolute atomic E-state index is 12.5. The first kappa shape index (κ1) is 20.2. The molecular formula is C21H31N4O3+. The van der Waals surface area contributed by atoms with Crippen molar-refractivity contribution in [2.45, 2.75) is 33.2 Å². The second kappa shape index (κ2) is 9.10. The Kier molecular flexibility index (Phi) is 6.57. The van der Waals surface area contributed by atoms with Crippen molar-refractivity contribution in [3.8, 4) is 0 Å². The molecule has 2 aliphatic heterocycles. The predicted molar refractivity (Wildman–Crippen MR) is 108 cm³/mol. The maximum atomic E-state index is 12.5. The van der Waals surface area contributed by atoms with Crippen molar-refractivity contribution in [2.24, 2.45) is 0 Å². The molecule has 152 valence electrons. The van der Waals surface area contributed by atoms with Gasteiger partial charge in [-0.15, -0.1) is 0 Å². The molecule has 1 saturated heterocycles. The van der Waals surface area contributed by atoms with Gasteiger partial charge in [0.05, 0.1) is 50.1 Å². The van der Waals surface area contributed by atoms with E-state index in [9.17, 15) is 9.59 Å². The van der Waals surface area contributed by atoms with Gasteiger partial charge in [0.25, 0.3) is 0 Å². The lowest BCUT2D eigenvalue weighted by molar-refractivity contribution is -0.896. The van der Waals surface area contributed by atoms with E-state index in [1.165, 1.54) is 16.2 Å². The van der Waals surface area contributed by atoms with Gasteiger partial charge in [0, 0.05) is 5.69 Å². The number of nitrogens with zero attached hydrogens (tertiary/aromatic N) is 1. The summed E-state index contributed by atoms with van der Waals surface area (Å²) in [6.07, 6.45) is 0.654. The normalized spacial score (nSPS) is 20.6. The Morgan fingerprint density at radius 3 is 2.61 bits per heavy atom. The highest BCUT2D eigenvalue weighted by molar-refractivity contribution is 5.94. The van der Waals surface area contributed by atoms with Crippen molar-refractivity contribution in [2.75, 3.05) is 44.2 Å². The molecule has 1 fully saturated rings. The zero-order valence-corrected chi connectivity index (χ0v) is 17.0. The van der Waals surface area contributed by atoms with Gasteiger partial charge >= 0.3 is 12.0 Å². The van der Waals surface area contributed by atoms with Crippen LogP contribution in [0, 0.1) is 6.92 Å². The number of aryl methyl sites for hydroxylation is 1. The predicted octanol–water partition coefficient (Wildman–Crippen LogP) is 0.609. The second-order valence-electron chi connectivity index (χ2n) is 7.37. The molecule has 0 aromatic heterocycles. The highest BCUT2D eigenvalue weighted by Crippen LogP contribution is 2.19. The third-order valence-corrected chi connectivity index (χ3v) is 5.50. The summed E-state index contributed by atoms with van der Waals surface area (Å²) in [6.45, 7) is 10.6. The number of carbonyl (C=O) groups is 2. The number of anilines is 1. The van der Waals surface area contributed by atoms with Crippen LogP contribution in [-0.4, -0.2) is 57.4 Å². The van der Waals surface area contributed by atoms with Crippen LogP contribution in [0.5, 0.6) is 0 Å². The Hall–Kier alpha value is -2.54. The number of esters is 1. The number of quaternary nitrogens is 1. The summed E-state index contributed by atoms with van der Waals surface area (Å²) in [4.78, 5) is 28.3. The maximum Gasteiger partial charge on any atom is 0.338 e. The molecule has 1 aromatic carbocycles. The first-order valence-electron chi connectivity index (χ1n) is 10.1. The van der Waals surface area contributed by atoms with Gasteiger partial charge in [0.15, 0.2) is 0 Å². The van der Waals surface area contributed by atoms with Gasteiger partial charge in [0.2, 0.25) is 0 Å². The fourth-order valence-electron chi connectivity index (χ4n) is 4.01. The van der Waals surface area contributed by atoms with Gasteiger partial charge in [-0.05, 0) is 31.9 Å². The van der Waals surface area contributed by atoms with Crippen molar-refractivity contribution in [3.63, 3.8) is 0 Å². The third-order valence-electron chi connectivity index (χ3n) is 5.50. The molecule has 0 spiro atoms. The number of benzene rings is 1. The van der Waals surface area contributed by atoms with Crippen molar-refractivity contribution in [1.29, 1.82) is 0 Å². The molecule has 7 nitrogen and oxygen atoms in total. The molecule has 0 bridgehead atoms.